The minimum absolute atomic E-state index is 0.0456. The number of nitrogens with zero attached hydrogens (tertiary/aromatic N) is 1. The van der Waals surface area contributed by atoms with Crippen LogP contribution in [0.4, 0.5) is 0 Å². The Morgan fingerprint density at radius 2 is 1.74 bits per heavy atom. The Morgan fingerprint density at radius 3 is 2.52 bits per heavy atom. The van der Waals surface area contributed by atoms with E-state index in [2.05, 4.69) is 13.8 Å². The molecule has 1 amide bonds. The fourth-order valence-electron chi connectivity index (χ4n) is 6.45. The third kappa shape index (κ3) is 2.01. The molecule has 3 fully saturated rings. The summed E-state index contributed by atoms with van der Waals surface area (Å²) in [6, 6.07) is 0. The van der Waals surface area contributed by atoms with Crippen LogP contribution in [0.15, 0.2) is 11.6 Å². The van der Waals surface area contributed by atoms with E-state index in [9.17, 15) is 9.59 Å². The minimum atomic E-state index is -0.0456. The molecule has 3 heteroatoms. The third-order valence-electron chi connectivity index (χ3n) is 8.09. The zero-order valence-corrected chi connectivity index (χ0v) is 14.7. The Labute approximate surface area is 139 Å². The van der Waals surface area contributed by atoms with Crippen LogP contribution in [0, 0.1) is 28.6 Å². The zero-order valence-electron chi connectivity index (χ0n) is 14.7. The zero-order chi connectivity index (χ0) is 16.4. The summed E-state index contributed by atoms with van der Waals surface area (Å²) in [4.78, 5) is 26.6. The van der Waals surface area contributed by atoms with Crippen LogP contribution >= 0.6 is 0 Å². The van der Waals surface area contributed by atoms with Gasteiger partial charge in [0.2, 0.25) is 5.91 Å². The molecule has 1 aliphatic heterocycles. The summed E-state index contributed by atoms with van der Waals surface area (Å²) < 4.78 is 0. The van der Waals surface area contributed by atoms with Gasteiger partial charge in [0.05, 0.1) is 0 Å². The molecule has 0 spiro atoms. The first-order valence-corrected chi connectivity index (χ1v) is 9.36. The molecule has 4 rings (SSSR count). The largest absolute Gasteiger partial charge is 0.342 e. The normalized spacial score (nSPS) is 46.7. The number of hydrogen-bond acceptors (Lipinski definition) is 2. The van der Waals surface area contributed by atoms with Crippen molar-refractivity contribution in [3.8, 4) is 0 Å². The van der Waals surface area contributed by atoms with Gasteiger partial charge in [0.15, 0.2) is 0 Å². The van der Waals surface area contributed by atoms with Crippen molar-refractivity contribution in [1.82, 2.24) is 4.90 Å². The van der Waals surface area contributed by atoms with Crippen molar-refractivity contribution in [3.05, 3.63) is 11.6 Å². The summed E-state index contributed by atoms with van der Waals surface area (Å²) in [6.45, 7) is 5.50. The molecule has 0 radical (unpaired) electrons. The SMILES string of the molecule is CN1CCC2(C)C(=CC1=O)CCC1C3CCC(=O)C3(C)CCC12. The highest BCUT2D eigenvalue weighted by atomic mass is 16.2. The standard InChI is InChI=1S/C20H29NO2/c1-19-10-11-21(3)18(23)12-13(19)4-5-14-15-6-7-17(22)20(15,2)9-8-16(14)19/h12,14-16H,4-11H2,1-3H3. The quantitative estimate of drug-likeness (QED) is 0.685. The highest BCUT2D eigenvalue weighted by Gasteiger charge is 2.58. The molecule has 5 unspecified atom stereocenters. The number of amides is 1. The van der Waals surface area contributed by atoms with E-state index in [1.807, 2.05) is 18.0 Å². The van der Waals surface area contributed by atoms with Gasteiger partial charge in [-0.2, -0.15) is 0 Å². The lowest BCUT2D eigenvalue weighted by atomic mass is 9.48. The molecule has 126 valence electrons. The number of fused-ring (bicyclic) bond motifs is 5. The van der Waals surface area contributed by atoms with Crippen LogP contribution in [0.3, 0.4) is 0 Å². The van der Waals surface area contributed by atoms with Crippen molar-refractivity contribution < 1.29 is 9.59 Å². The molecule has 0 N–H and O–H groups in total. The van der Waals surface area contributed by atoms with Gasteiger partial charge in [-0.3, -0.25) is 9.59 Å². The average molecular weight is 315 g/mol. The van der Waals surface area contributed by atoms with Gasteiger partial charge in [-0.1, -0.05) is 19.4 Å². The van der Waals surface area contributed by atoms with Crippen molar-refractivity contribution in [3.63, 3.8) is 0 Å². The Morgan fingerprint density at radius 1 is 1.00 bits per heavy atom. The van der Waals surface area contributed by atoms with E-state index in [4.69, 9.17) is 0 Å². The summed E-state index contributed by atoms with van der Waals surface area (Å²) in [5, 5.41) is 0. The molecule has 3 nitrogen and oxygen atoms in total. The number of likely N-dealkylation sites (N-methyl/N-ethyl adjacent to an activating group) is 1. The first-order chi connectivity index (χ1) is 10.9. The van der Waals surface area contributed by atoms with Crippen LogP contribution in [0.1, 0.15) is 58.8 Å². The summed E-state index contributed by atoms with van der Waals surface area (Å²) in [6.07, 6.45) is 9.38. The number of carbonyl (C=O) groups excluding carboxylic acids is 2. The van der Waals surface area contributed by atoms with Gasteiger partial charge in [-0.25, -0.2) is 0 Å². The van der Waals surface area contributed by atoms with E-state index in [1.54, 1.807) is 0 Å². The van der Waals surface area contributed by atoms with Crippen LogP contribution < -0.4 is 0 Å². The van der Waals surface area contributed by atoms with Gasteiger partial charge >= 0.3 is 0 Å². The molecule has 3 aliphatic carbocycles. The molecule has 0 aromatic heterocycles. The second-order valence-corrected chi connectivity index (χ2v) is 8.93. The molecule has 0 saturated heterocycles. The van der Waals surface area contributed by atoms with Crippen LogP contribution in [0.25, 0.3) is 0 Å². The third-order valence-corrected chi connectivity index (χ3v) is 8.09. The van der Waals surface area contributed by atoms with Crippen LogP contribution in [0.2, 0.25) is 0 Å². The number of Topliss-reactive ketones (excluding diaryl/α,β-unsaturated/α-hetero) is 1. The van der Waals surface area contributed by atoms with Gasteiger partial charge in [-0.05, 0) is 61.7 Å². The lowest BCUT2D eigenvalue weighted by molar-refractivity contribution is -0.132. The smallest absolute Gasteiger partial charge is 0.246 e. The van der Waals surface area contributed by atoms with Gasteiger partial charge in [0, 0.05) is 31.5 Å². The van der Waals surface area contributed by atoms with Crippen molar-refractivity contribution in [1.29, 1.82) is 0 Å². The summed E-state index contributed by atoms with van der Waals surface area (Å²) in [5.41, 5.74) is 1.51. The lowest BCUT2D eigenvalue weighted by Crippen LogP contribution is -2.49. The van der Waals surface area contributed by atoms with E-state index in [1.165, 1.54) is 12.0 Å². The number of carbonyl (C=O) groups is 2. The maximum absolute atomic E-state index is 12.4. The van der Waals surface area contributed by atoms with Gasteiger partial charge in [0.25, 0.3) is 0 Å². The van der Waals surface area contributed by atoms with Crippen LogP contribution in [-0.4, -0.2) is 30.2 Å². The minimum Gasteiger partial charge on any atom is -0.342 e. The fourth-order valence-corrected chi connectivity index (χ4v) is 6.45. The second-order valence-electron chi connectivity index (χ2n) is 8.93. The highest BCUT2D eigenvalue weighted by Crippen LogP contribution is 2.63. The number of allylic oxidation sites excluding steroid dienone is 1. The van der Waals surface area contributed by atoms with Crippen molar-refractivity contribution in [2.24, 2.45) is 28.6 Å². The lowest BCUT2D eigenvalue weighted by Gasteiger charge is -2.55. The van der Waals surface area contributed by atoms with Crippen LogP contribution in [-0.2, 0) is 9.59 Å². The first-order valence-electron chi connectivity index (χ1n) is 9.36. The van der Waals surface area contributed by atoms with Gasteiger partial charge in [0.1, 0.15) is 5.78 Å². The molecule has 23 heavy (non-hydrogen) atoms. The predicted molar refractivity (Wildman–Crippen MR) is 89.7 cm³/mol. The van der Waals surface area contributed by atoms with Crippen molar-refractivity contribution >= 4 is 11.7 Å². The second kappa shape index (κ2) is 4.94. The van der Waals surface area contributed by atoms with E-state index in [0.717, 1.165) is 45.1 Å². The fraction of sp³-hybridized carbons (Fsp3) is 0.800. The molecular weight excluding hydrogens is 286 g/mol. The molecule has 3 saturated carbocycles. The number of ketones is 1. The predicted octanol–water partition coefficient (Wildman–Crippen LogP) is 3.59. The average Bonchev–Trinajstić information content (AvgIpc) is 2.77. The van der Waals surface area contributed by atoms with E-state index >= 15 is 0 Å². The Kier molecular flexibility index (Phi) is 3.31. The topological polar surface area (TPSA) is 37.4 Å². The Balaban J connectivity index is 1.70. The van der Waals surface area contributed by atoms with E-state index < -0.39 is 0 Å². The summed E-state index contributed by atoms with van der Waals surface area (Å²) in [7, 11) is 1.92. The van der Waals surface area contributed by atoms with Gasteiger partial charge < -0.3 is 4.90 Å². The molecule has 0 aromatic carbocycles. The molecule has 0 bridgehead atoms. The summed E-state index contributed by atoms with van der Waals surface area (Å²) >= 11 is 0. The Bertz CT molecular complexity index is 594. The first kappa shape index (κ1) is 15.4. The molecule has 5 atom stereocenters. The van der Waals surface area contributed by atoms with Crippen LogP contribution in [0.5, 0.6) is 0 Å². The maximum atomic E-state index is 12.4. The van der Waals surface area contributed by atoms with E-state index in [-0.39, 0.29) is 16.7 Å². The van der Waals surface area contributed by atoms with Crippen molar-refractivity contribution in [2.45, 2.75) is 58.8 Å². The van der Waals surface area contributed by atoms with Crippen molar-refractivity contribution in [2.75, 3.05) is 13.6 Å². The maximum Gasteiger partial charge on any atom is 0.246 e. The summed E-state index contributed by atoms with van der Waals surface area (Å²) in [5.74, 6) is 2.62. The molecule has 1 heterocycles. The molecule has 4 aliphatic rings. The Hall–Kier alpha value is -1.12. The van der Waals surface area contributed by atoms with Gasteiger partial charge in [-0.15, -0.1) is 0 Å². The number of rotatable bonds is 0. The van der Waals surface area contributed by atoms with E-state index in [0.29, 0.717) is 23.5 Å². The highest BCUT2D eigenvalue weighted by molar-refractivity contribution is 5.89. The molecular formula is C20H29NO2. The molecule has 0 aromatic rings. The number of hydrogen-bond donors (Lipinski definition) is 0. The monoisotopic (exact) mass is 315 g/mol.